The van der Waals surface area contributed by atoms with E-state index >= 15 is 0 Å². The van der Waals surface area contributed by atoms with Crippen LogP contribution in [-0.4, -0.2) is 36.2 Å². The van der Waals surface area contributed by atoms with Crippen LogP contribution in [0.1, 0.15) is 68.6 Å². The fourth-order valence-corrected chi connectivity index (χ4v) is 5.29. The van der Waals surface area contributed by atoms with Crippen LogP contribution in [0, 0.1) is 0 Å². The van der Waals surface area contributed by atoms with E-state index in [-0.39, 0.29) is 11.5 Å². The summed E-state index contributed by atoms with van der Waals surface area (Å²) >= 11 is 0. The van der Waals surface area contributed by atoms with Gasteiger partial charge in [-0.2, -0.15) is 0 Å². The number of carbonyl (C=O) groups is 3. The molecule has 1 saturated heterocycles. The topological polar surface area (TPSA) is 107 Å². The van der Waals surface area contributed by atoms with Crippen LogP contribution in [0.3, 0.4) is 0 Å². The van der Waals surface area contributed by atoms with Crippen molar-refractivity contribution < 1.29 is 42.6 Å². The van der Waals surface area contributed by atoms with Crippen molar-refractivity contribution in [2.24, 2.45) is 0 Å². The van der Waals surface area contributed by atoms with E-state index in [1.54, 1.807) is 42.5 Å². The first-order valence-electron chi connectivity index (χ1n) is 12.9. The van der Waals surface area contributed by atoms with E-state index in [0.29, 0.717) is 39.2 Å². The Balaban J connectivity index is 1.51. The molecule has 0 amide bonds. The van der Waals surface area contributed by atoms with Crippen molar-refractivity contribution in [2.75, 3.05) is 0 Å². The quantitative estimate of drug-likeness (QED) is 0.270. The molecule has 0 saturated carbocycles. The average molecular weight is 542 g/mol. The highest BCUT2D eigenvalue weighted by atomic mass is 16.7. The number of benzene rings is 3. The molecule has 6 rings (SSSR count). The summed E-state index contributed by atoms with van der Waals surface area (Å²) in [5.41, 5.74) is 0.288. The number of fused-ring (bicyclic) bond motifs is 6. The fourth-order valence-electron chi connectivity index (χ4n) is 5.29. The molecule has 1 fully saturated rings. The van der Waals surface area contributed by atoms with Crippen LogP contribution in [-0.2, 0) is 29.2 Å². The van der Waals surface area contributed by atoms with Gasteiger partial charge >= 0.3 is 25.0 Å². The summed E-state index contributed by atoms with van der Waals surface area (Å²) in [6.45, 7) is 10.5. The van der Waals surface area contributed by atoms with E-state index in [9.17, 15) is 14.4 Å². The van der Waals surface area contributed by atoms with Gasteiger partial charge in [-0.15, -0.1) is 0 Å². The molecule has 3 aromatic rings. The molecule has 0 unspecified atom stereocenters. The molecule has 0 atom stereocenters. The number of rotatable bonds is 3. The van der Waals surface area contributed by atoms with Crippen LogP contribution in [0.5, 0.6) is 23.0 Å². The summed E-state index contributed by atoms with van der Waals surface area (Å²) in [6, 6.07) is 15.2. The zero-order chi connectivity index (χ0) is 28.6. The lowest BCUT2D eigenvalue weighted by molar-refractivity contribution is -0.132. The minimum Gasteiger partial charge on any atom is -0.456 e. The lowest BCUT2D eigenvalue weighted by Gasteiger charge is -2.36. The third-order valence-electron chi connectivity index (χ3n) is 7.82. The molecular weight excluding hydrogens is 515 g/mol. The fraction of sp³-hybridized carbons (Fsp3) is 0.300. The summed E-state index contributed by atoms with van der Waals surface area (Å²) in [5.74, 6) is -0.334. The first-order chi connectivity index (χ1) is 18.8. The molecule has 204 valence electrons. The summed E-state index contributed by atoms with van der Waals surface area (Å²) in [4.78, 5) is 36.7. The van der Waals surface area contributed by atoms with Gasteiger partial charge in [-0.05, 0) is 63.5 Å². The smallest absolute Gasteiger partial charge is 0.456 e. The number of carbonyl (C=O) groups excluding carboxylic acids is 3. The minimum absolute atomic E-state index is 0.265. The monoisotopic (exact) mass is 542 g/mol. The van der Waals surface area contributed by atoms with E-state index in [0.717, 1.165) is 0 Å². The maximum Gasteiger partial charge on any atom is 0.494 e. The second-order valence-electron chi connectivity index (χ2n) is 11.1. The van der Waals surface area contributed by atoms with Crippen molar-refractivity contribution in [1.29, 1.82) is 0 Å². The van der Waals surface area contributed by atoms with Crippen molar-refractivity contribution in [3.8, 4) is 23.0 Å². The zero-order valence-electron chi connectivity index (χ0n) is 22.9. The van der Waals surface area contributed by atoms with Gasteiger partial charge in [-0.3, -0.25) is 9.59 Å². The summed E-state index contributed by atoms with van der Waals surface area (Å²) in [6.07, 6.45) is 0. The number of hydrogen-bond acceptors (Lipinski definition) is 9. The molecule has 1 spiro atoms. The van der Waals surface area contributed by atoms with Crippen LogP contribution in [0.2, 0.25) is 0 Å². The predicted molar refractivity (Wildman–Crippen MR) is 143 cm³/mol. The largest absolute Gasteiger partial charge is 0.494 e. The van der Waals surface area contributed by atoms with E-state index in [1.165, 1.54) is 13.8 Å². The van der Waals surface area contributed by atoms with E-state index < -0.39 is 41.8 Å². The van der Waals surface area contributed by atoms with Crippen molar-refractivity contribution in [2.45, 2.75) is 58.3 Å². The highest BCUT2D eigenvalue weighted by Gasteiger charge is 2.55. The van der Waals surface area contributed by atoms with Crippen LogP contribution in [0.15, 0.2) is 54.6 Å². The van der Waals surface area contributed by atoms with Crippen LogP contribution >= 0.6 is 0 Å². The van der Waals surface area contributed by atoms with Gasteiger partial charge in [0.25, 0.3) is 0 Å². The molecule has 3 heterocycles. The number of esters is 3. The van der Waals surface area contributed by atoms with E-state index in [4.69, 9.17) is 28.3 Å². The van der Waals surface area contributed by atoms with Gasteiger partial charge in [0.05, 0.1) is 16.8 Å². The third kappa shape index (κ3) is 3.90. The molecule has 0 aromatic heterocycles. The molecular formula is C30H27BO9. The van der Waals surface area contributed by atoms with E-state index in [2.05, 4.69) is 0 Å². The first-order valence-corrected chi connectivity index (χ1v) is 12.9. The Morgan fingerprint density at radius 3 is 1.73 bits per heavy atom. The summed E-state index contributed by atoms with van der Waals surface area (Å²) < 4.78 is 35.4. The highest BCUT2D eigenvalue weighted by molar-refractivity contribution is 6.62. The Morgan fingerprint density at radius 2 is 1.23 bits per heavy atom. The van der Waals surface area contributed by atoms with Crippen LogP contribution in [0.4, 0.5) is 0 Å². The highest BCUT2D eigenvalue weighted by Crippen LogP contribution is 2.57. The predicted octanol–water partition coefficient (Wildman–Crippen LogP) is 4.40. The van der Waals surface area contributed by atoms with Gasteiger partial charge in [-0.1, -0.05) is 12.1 Å². The Kier molecular flexibility index (Phi) is 5.66. The lowest BCUT2D eigenvalue weighted by Crippen LogP contribution is -2.41. The maximum atomic E-state index is 13.5. The molecule has 3 aliphatic heterocycles. The van der Waals surface area contributed by atoms with Gasteiger partial charge < -0.3 is 28.3 Å². The van der Waals surface area contributed by atoms with Gasteiger partial charge in [0.1, 0.15) is 23.0 Å². The summed E-state index contributed by atoms with van der Waals surface area (Å²) in [7, 11) is -0.661. The van der Waals surface area contributed by atoms with Crippen LogP contribution in [0.25, 0.3) is 0 Å². The van der Waals surface area contributed by atoms with E-state index in [1.807, 2.05) is 39.8 Å². The standard InChI is InChI=1S/C30H27BO9/c1-16(32)35-19-8-11-23-25(14-19)37-26-15-20(36-17(2)33)9-12-24(26)30(23)22-10-7-18(13-21(22)27(34)38-30)31-39-28(3,4)29(5,6)40-31/h7-15H,1-6H3. The Hall–Kier alpha value is -4.15. The average Bonchev–Trinajstić information content (AvgIpc) is 3.26. The van der Waals surface area contributed by atoms with Gasteiger partial charge in [-0.25, -0.2) is 4.79 Å². The Bertz CT molecular complexity index is 1530. The summed E-state index contributed by atoms with van der Waals surface area (Å²) in [5, 5.41) is 0. The molecule has 3 aromatic carbocycles. The molecule has 0 bridgehead atoms. The molecule has 0 N–H and O–H groups in total. The van der Waals surface area contributed by atoms with Crippen molar-refractivity contribution >= 4 is 30.5 Å². The normalized spacial score (nSPS) is 18.8. The molecule has 9 nitrogen and oxygen atoms in total. The van der Waals surface area contributed by atoms with Gasteiger partial charge in [0.2, 0.25) is 0 Å². The Labute approximate surface area is 231 Å². The molecule has 0 radical (unpaired) electrons. The Morgan fingerprint density at radius 1 is 0.725 bits per heavy atom. The lowest BCUT2D eigenvalue weighted by atomic mass is 9.73. The molecule has 10 heteroatoms. The van der Waals surface area contributed by atoms with Crippen molar-refractivity contribution in [3.63, 3.8) is 0 Å². The van der Waals surface area contributed by atoms with Crippen LogP contribution < -0.4 is 19.7 Å². The second kappa shape index (κ2) is 8.68. The zero-order valence-corrected chi connectivity index (χ0v) is 22.9. The SMILES string of the molecule is CC(=O)Oc1ccc2c(c1)Oc1cc(OC(C)=O)ccc1C21OC(=O)c2cc(B3OC(C)(C)C(C)(C)O3)ccc21. The second-order valence-corrected chi connectivity index (χ2v) is 11.1. The molecule has 0 aliphatic carbocycles. The van der Waals surface area contributed by atoms with Gasteiger partial charge in [0.15, 0.2) is 5.60 Å². The van der Waals surface area contributed by atoms with Crippen molar-refractivity contribution in [1.82, 2.24) is 0 Å². The molecule has 3 aliphatic rings. The maximum absolute atomic E-state index is 13.5. The third-order valence-corrected chi connectivity index (χ3v) is 7.82. The van der Waals surface area contributed by atoms with Gasteiger partial charge in [0, 0.05) is 42.7 Å². The molecule has 40 heavy (non-hydrogen) atoms. The van der Waals surface area contributed by atoms with Crippen molar-refractivity contribution in [3.05, 3.63) is 76.9 Å². The number of ether oxygens (including phenoxy) is 4. The minimum atomic E-state index is -1.37. The first kappa shape index (κ1) is 26.1. The number of hydrogen-bond donors (Lipinski definition) is 0.